The molecule has 1 aromatic carbocycles. The number of hydrogen-bond donors (Lipinski definition) is 1. The summed E-state index contributed by atoms with van der Waals surface area (Å²) in [6.45, 7) is 2.80. The summed E-state index contributed by atoms with van der Waals surface area (Å²) in [6.07, 6.45) is 5.92. The van der Waals surface area contributed by atoms with Crippen molar-refractivity contribution in [3.05, 3.63) is 46.6 Å². The predicted octanol–water partition coefficient (Wildman–Crippen LogP) is 3.72. The number of benzene rings is 1. The molecule has 0 unspecified atom stereocenters. The van der Waals surface area contributed by atoms with Gasteiger partial charge in [0.15, 0.2) is 0 Å². The van der Waals surface area contributed by atoms with Gasteiger partial charge in [-0.3, -0.25) is 4.79 Å². The predicted molar refractivity (Wildman–Crippen MR) is 97.0 cm³/mol. The molecule has 2 aromatic heterocycles. The van der Waals surface area contributed by atoms with Crippen molar-refractivity contribution in [1.82, 2.24) is 20.0 Å². The fourth-order valence-corrected chi connectivity index (χ4v) is 4.28. The minimum Gasteiger partial charge on any atom is -0.350 e. The molecule has 5 rings (SSSR count). The Hall–Kier alpha value is -2.63. The second-order valence-electron chi connectivity index (χ2n) is 7.44. The maximum absolute atomic E-state index is 13.2. The summed E-state index contributed by atoms with van der Waals surface area (Å²) >= 11 is 0. The molecule has 3 heterocycles. The summed E-state index contributed by atoms with van der Waals surface area (Å²) in [6, 6.07) is 6.16. The molecule has 3 aromatic rings. The van der Waals surface area contributed by atoms with Gasteiger partial charge >= 0.3 is 0 Å². The van der Waals surface area contributed by atoms with E-state index in [0.717, 1.165) is 73.2 Å². The number of aromatic nitrogens is 3. The summed E-state index contributed by atoms with van der Waals surface area (Å²) in [5.74, 6) is 1.27. The molecule has 26 heavy (non-hydrogen) atoms. The SMILES string of the molecule is Cc1ccc2nc([C@H]3CCCN3C(=O)c3onc4c3CCCC4)[nH]c2c1. The third-order valence-electron chi connectivity index (χ3n) is 5.64. The van der Waals surface area contributed by atoms with Gasteiger partial charge in [-0.1, -0.05) is 11.2 Å². The van der Waals surface area contributed by atoms with Gasteiger partial charge in [0.2, 0.25) is 5.76 Å². The van der Waals surface area contributed by atoms with Gasteiger partial charge in [0.05, 0.1) is 22.8 Å². The number of fused-ring (bicyclic) bond motifs is 2. The third-order valence-corrected chi connectivity index (χ3v) is 5.64. The molecule has 1 fully saturated rings. The van der Waals surface area contributed by atoms with E-state index in [1.807, 2.05) is 11.0 Å². The zero-order chi connectivity index (χ0) is 17.7. The van der Waals surface area contributed by atoms with Crippen LogP contribution in [0.1, 0.15) is 64.9 Å². The highest BCUT2D eigenvalue weighted by molar-refractivity contribution is 5.93. The van der Waals surface area contributed by atoms with Crippen LogP contribution in [0.25, 0.3) is 11.0 Å². The molecule has 1 saturated heterocycles. The first-order valence-electron chi connectivity index (χ1n) is 9.45. The highest BCUT2D eigenvalue weighted by atomic mass is 16.5. The van der Waals surface area contributed by atoms with Gasteiger partial charge in [-0.15, -0.1) is 0 Å². The monoisotopic (exact) mass is 350 g/mol. The maximum Gasteiger partial charge on any atom is 0.293 e. The van der Waals surface area contributed by atoms with Crippen molar-refractivity contribution in [2.75, 3.05) is 6.54 Å². The number of nitrogens with one attached hydrogen (secondary N) is 1. The Kier molecular flexibility index (Phi) is 3.58. The van der Waals surface area contributed by atoms with Crippen LogP contribution in [0.2, 0.25) is 0 Å². The topological polar surface area (TPSA) is 75.0 Å². The van der Waals surface area contributed by atoms with Crippen molar-refractivity contribution >= 4 is 16.9 Å². The van der Waals surface area contributed by atoms with Crippen molar-refractivity contribution in [3.8, 4) is 0 Å². The van der Waals surface area contributed by atoms with E-state index in [1.54, 1.807) is 0 Å². The van der Waals surface area contributed by atoms with Gasteiger partial charge in [-0.2, -0.15) is 0 Å². The molecule has 2 aliphatic rings. The molecule has 1 aliphatic heterocycles. The number of hydrogen-bond acceptors (Lipinski definition) is 4. The van der Waals surface area contributed by atoms with Crippen LogP contribution < -0.4 is 0 Å². The lowest BCUT2D eigenvalue weighted by molar-refractivity contribution is 0.0686. The standard InChI is InChI=1S/C20H22N4O2/c1-12-8-9-15-16(11-12)22-19(21-15)17-7-4-10-24(17)20(25)18-13-5-2-3-6-14(13)23-26-18/h8-9,11,17H,2-7,10H2,1H3,(H,21,22)/t17-/m1/s1. The molecule has 6 heteroatoms. The second-order valence-corrected chi connectivity index (χ2v) is 7.44. The number of carbonyl (C=O) groups is 1. The fraction of sp³-hybridized carbons (Fsp3) is 0.450. The number of aromatic amines is 1. The molecule has 134 valence electrons. The Balaban J connectivity index is 1.48. The lowest BCUT2D eigenvalue weighted by Crippen LogP contribution is -2.31. The first kappa shape index (κ1) is 15.6. The number of rotatable bonds is 2. The van der Waals surface area contributed by atoms with E-state index < -0.39 is 0 Å². The van der Waals surface area contributed by atoms with Gasteiger partial charge in [0.1, 0.15) is 5.82 Å². The lowest BCUT2D eigenvalue weighted by atomic mass is 9.96. The quantitative estimate of drug-likeness (QED) is 0.764. The molecule has 1 atom stereocenters. The van der Waals surface area contributed by atoms with Crippen molar-refractivity contribution < 1.29 is 9.32 Å². The first-order chi connectivity index (χ1) is 12.7. The average molecular weight is 350 g/mol. The molecule has 1 amide bonds. The van der Waals surface area contributed by atoms with Crippen LogP contribution in [0.4, 0.5) is 0 Å². The van der Waals surface area contributed by atoms with E-state index in [4.69, 9.17) is 9.51 Å². The summed E-state index contributed by atoms with van der Waals surface area (Å²) in [5.41, 5.74) is 5.15. The van der Waals surface area contributed by atoms with Gasteiger partial charge < -0.3 is 14.4 Å². The lowest BCUT2D eigenvalue weighted by Gasteiger charge is -2.22. The molecule has 0 saturated carbocycles. The van der Waals surface area contributed by atoms with E-state index >= 15 is 0 Å². The average Bonchev–Trinajstić information content (AvgIpc) is 3.37. The molecule has 1 N–H and O–H groups in total. The van der Waals surface area contributed by atoms with Crippen molar-refractivity contribution in [2.45, 2.75) is 51.5 Å². The van der Waals surface area contributed by atoms with E-state index in [2.05, 4.69) is 29.2 Å². The van der Waals surface area contributed by atoms with Crippen LogP contribution in [-0.4, -0.2) is 32.5 Å². The highest BCUT2D eigenvalue weighted by Crippen LogP contribution is 2.34. The van der Waals surface area contributed by atoms with Crippen molar-refractivity contribution in [1.29, 1.82) is 0 Å². The van der Waals surface area contributed by atoms with Gasteiger partial charge in [0, 0.05) is 12.1 Å². The van der Waals surface area contributed by atoms with Crippen LogP contribution in [0.3, 0.4) is 0 Å². The molecule has 0 spiro atoms. The van der Waals surface area contributed by atoms with Crippen LogP contribution >= 0.6 is 0 Å². The molecule has 1 aliphatic carbocycles. The zero-order valence-corrected chi connectivity index (χ0v) is 14.9. The van der Waals surface area contributed by atoms with Crippen LogP contribution in [-0.2, 0) is 12.8 Å². The van der Waals surface area contributed by atoms with Gasteiger partial charge in [-0.05, 0) is 63.1 Å². The van der Waals surface area contributed by atoms with E-state index in [-0.39, 0.29) is 11.9 Å². The third kappa shape index (κ3) is 2.43. The van der Waals surface area contributed by atoms with Gasteiger partial charge in [-0.25, -0.2) is 4.98 Å². The van der Waals surface area contributed by atoms with Crippen LogP contribution in [0, 0.1) is 6.92 Å². The number of amides is 1. The first-order valence-corrected chi connectivity index (χ1v) is 9.45. The van der Waals surface area contributed by atoms with E-state index in [0.29, 0.717) is 5.76 Å². The number of carbonyl (C=O) groups excluding carboxylic acids is 1. The second kappa shape index (κ2) is 5.97. The Morgan fingerprint density at radius 1 is 1.27 bits per heavy atom. The van der Waals surface area contributed by atoms with Crippen LogP contribution in [0.15, 0.2) is 22.7 Å². The molecular formula is C20H22N4O2. The normalized spacial score (nSPS) is 19.9. The fourth-order valence-electron chi connectivity index (χ4n) is 4.28. The summed E-state index contributed by atoms with van der Waals surface area (Å²) in [7, 11) is 0. The number of H-pyrrole nitrogens is 1. The smallest absolute Gasteiger partial charge is 0.293 e. The Morgan fingerprint density at radius 3 is 3.08 bits per heavy atom. The molecule has 0 bridgehead atoms. The molecular weight excluding hydrogens is 328 g/mol. The number of likely N-dealkylation sites (tertiary alicyclic amines) is 1. The van der Waals surface area contributed by atoms with Gasteiger partial charge in [0.25, 0.3) is 5.91 Å². The van der Waals surface area contributed by atoms with Crippen molar-refractivity contribution in [2.24, 2.45) is 0 Å². The zero-order valence-electron chi connectivity index (χ0n) is 14.9. The largest absolute Gasteiger partial charge is 0.350 e. The maximum atomic E-state index is 13.2. The number of nitrogens with zero attached hydrogens (tertiary/aromatic N) is 3. The summed E-state index contributed by atoms with van der Waals surface area (Å²) < 4.78 is 5.48. The minimum absolute atomic E-state index is 0.0282. The Labute approximate surface area is 151 Å². The van der Waals surface area contributed by atoms with E-state index in [1.165, 1.54) is 5.56 Å². The summed E-state index contributed by atoms with van der Waals surface area (Å²) in [4.78, 5) is 23.2. The van der Waals surface area contributed by atoms with E-state index in [9.17, 15) is 4.79 Å². The molecule has 6 nitrogen and oxygen atoms in total. The minimum atomic E-state index is -0.0419. The Bertz CT molecular complexity index is 987. The number of imidazole rings is 1. The number of aryl methyl sites for hydroxylation is 2. The van der Waals surface area contributed by atoms with Crippen molar-refractivity contribution in [3.63, 3.8) is 0 Å². The summed E-state index contributed by atoms with van der Waals surface area (Å²) in [5, 5.41) is 4.15. The highest BCUT2D eigenvalue weighted by Gasteiger charge is 2.36. The molecule has 0 radical (unpaired) electrons. The van der Waals surface area contributed by atoms with Crippen LogP contribution in [0.5, 0.6) is 0 Å². The Morgan fingerprint density at radius 2 is 2.15 bits per heavy atom.